The number of nitrogens with one attached hydrogen (secondary N) is 1. The maximum Gasteiger partial charge on any atom is 0.200 e. The van der Waals surface area contributed by atoms with Crippen LogP contribution in [0.25, 0.3) is 11.1 Å². The number of hydrogen-bond acceptors (Lipinski definition) is 0. The molecule has 2 heterocycles. The summed E-state index contributed by atoms with van der Waals surface area (Å²) in [4.78, 5) is 2.52. The highest BCUT2D eigenvalue weighted by Gasteiger charge is 2.50. The molecular weight excluding hydrogens is 503 g/mol. The molecule has 0 saturated heterocycles. The van der Waals surface area contributed by atoms with E-state index in [0.717, 1.165) is 6.20 Å². The van der Waals surface area contributed by atoms with Crippen LogP contribution < -0.4 is 21.5 Å². The molecule has 0 spiro atoms. The summed E-state index contributed by atoms with van der Waals surface area (Å²) in [5.74, 6) is -24.7. The first-order valence-electron chi connectivity index (χ1n) is 10.3. The zero-order valence-corrected chi connectivity index (χ0v) is 17.6. The zero-order valence-electron chi connectivity index (χ0n) is 17.6. The number of benzene rings is 3. The van der Waals surface area contributed by atoms with Crippen molar-refractivity contribution in [2.24, 2.45) is 0 Å². The van der Waals surface area contributed by atoms with Crippen LogP contribution in [0.2, 0.25) is 0 Å². The molecule has 0 aliphatic carbocycles. The van der Waals surface area contributed by atoms with Gasteiger partial charge in [0.2, 0.25) is 0 Å². The molecule has 0 atom stereocenters. The molecule has 1 aliphatic rings. The molecule has 12 heteroatoms. The summed E-state index contributed by atoms with van der Waals surface area (Å²) in [7, 11) is 0. The van der Waals surface area contributed by atoms with Crippen LogP contribution in [-0.2, 0) is 6.32 Å². The van der Waals surface area contributed by atoms with Gasteiger partial charge in [0.05, 0.1) is 0 Å². The predicted octanol–water partition coefficient (Wildman–Crippen LogP) is 4.12. The molecule has 1 N–H and O–H groups in total. The summed E-state index contributed by atoms with van der Waals surface area (Å²) in [5, 5.41) is 0. The monoisotopic (exact) mass is 513 g/mol. The fourth-order valence-corrected chi connectivity index (χ4v) is 5.23. The average molecular weight is 513 g/mol. The first-order valence-corrected chi connectivity index (χ1v) is 10.3. The Balaban J connectivity index is 2.08. The Labute approximate surface area is 195 Å². The molecule has 1 aromatic heterocycles. The van der Waals surface area contributed by atoms with Gasteiger partial charge in [-0.3, -0.25) is 4.98 Å². The first kappa shape index (κ1) is 23.9. The molecule has 36 heavy (non-hydrogen) atoms. The van der Waals surface area contributed by atoms with Gasteiger partial charge < -0.3 is 0 Å². The van der Waals surface area contributed by atoms with Crippen LogP contribution in [0.4, 0.5) is 43.9 Å². The van der Waals surface area contributed by atoms with Gasteiger partial charge in [0.15, 0.2) is 47.2 Å². The minimum Gasteiger partial charge on any atom is -0.251 e. The van der Waals surface area contributed by atoms with Crippen molar-refractivity contribution in [3.8, 4) is 11.1 Å². The summed E-state index contributed by atoms with van der Waals surface area (Å²) < 4.78 is 147. The number of halogens is 10. The highest BCUT2D eigenvalue weighted by atomic mass is 19.2. The van der Waals surface area contributed by atoms with E-state index in [1.807, 2.05) is 0 Å². The standard InChI is InChI=1S/C24H9BF10N/c26-14-12(15(27)19(31)22(34)18(14)30)25(13-16(28)20(32)23(35)21(33)17(13)29)8-9-4-1-2-5-10(9)11-6-3-7-36-24(11)25/h1-7H,8H2/q-1/p+1. The molecule has 0 amide bonds. The third-order valence-corrected chi connectivity index (χ3v) is 6.69. The van der Waals surface area contributed by atoms with Crippen LogP contribution in [0.5, 0.6) is 0 Å². The van der Waals surface area contributed by atoms with Crippen molar-refractivity contribution in [1.82, 2.24) is 0 Å². The Hall–Kier alpha value is -3.83. The second-order valence-electron chi connectivity index (χ2n) is 8.37. The maximum absolute atomic E-state index is 15.3. The van der Waals surface area contributed by atoms with Crippen molar-refractivity contribution >= 4 is 22.7 Å². The summed E-state index contributed by atoms with van der Waals surface area (Å²) in [6.45, 7) is 0. The smallest absolute Gasteiger partial charge is 0.200 e. The van der Waals surface area contributed by atoms with E-state index >= 15 is 17.6 Å². The van der Waals surface area contributed by atoms with E-state index in [2.05, 4.69) is 4.98 Å². The second kappa shape index (κ2) is 8.11. The van der Waals surface area contributed by atoms with Crippen molar-refractivity contribution in [2.45, 2.75) is 6.32 Å². The normalized spacial score (nSPS) is 13.9. The maximum atomic E-state index is 15.3. The van der Waals surface area contributed by atoms with Gasteiger partial charge in [-0.25, -0.2) is 43.9 Å². The van der Waals surface area contributed by atoms with E-state index in [-0.39, 0.29) is 11.1 Å². The quantitative estimate of drug-likeness (QED) is 0.166. The molecule has 1 aliphatic heterocycles. The largest absolute Gasteiger partial charge is 0.251 e. The van der Waals surface area contributed by atoms with Gasteiger partial charge in [0.25, 0.3) is 0 Å². The van der Waals surface area contributed by atoms with Gasteiger partial charge in [0, 0.05) is 17.2 Å². The van der Waals surface area contributed by atoms with Crippen LogP contribution in [0.15, 0.2) is 42.6 Å². The molecule has 3 aromatic carbocycles. The number of aromatic nitrogens is 1. The van der Waals surface area contributed by atoms with E-state index in [4.69, 9.17) is 0 Å². The third kappa shape index (κ3) is 2.96. The summed E-state index contributed by atoms with van der Waals surface area (Å²) >= 11 is 0. The van der Waals surface area contributed by atoms with Crippen LogP contribution in [-0.4, -0.2) is 6.15 Å². The van der Waals surface area contributed by atoms with Gasteiger partial charge in [-0.05, 0) is 11.6 Å². The zero-order chi connectivity index (χ0) is 26.1. The minimum atomic E-state index is -4.09. The highest BCUT2D eigenvalue weighted by molar-refractivity contribution is 7.11. The SMILES string of the molecule is Fc1c(F)c(F)c([B-]2(c3c(F)c(F)c(F)c(F)c3F)Cc3ccccc3-c3ccc[nH+]c32)c(F)c1F. The molecule has 4 aromatic rings. The van der Waals surface area contributed by atoms with Gasteiger partial charge >= 0.3 is 0 Å². The van der Waals surface area contributed by atoms with Crippen LogP contribution in [0, 0.1) is 58.2 Å². The Bertz CT molecular complexity index is 1460. The third-order valence-electron chi connectivity index (χ3n) is 6.69. The van der Waals surface area contributed by atoms with Gasteiger partial charge in [-0.15, -0.1) is 17.2 Å². The molecule has 1 nitrogen and oxygen atoms in total. The van der Waals surface area contributed by atoms with Crippen LogP contribution >= 0.6 is 0 Å². The van der Waals surface area contributed by atoms with Gasteiger partial charge in [0.1, 0.15) is 23.3 Å². The van der Waals surface area contributed by atoms with Crippen LogP contribution in [0.1, 0.15) is 5.56 Å². The number of hydrogen-bond donors (Lipinski definition) is 0. The van der Waals surface area contributed by atoms with E-state index in [1.165, 1.54) is 30.3 Å². The highest BCUT2D eigenvalue weighted by Crippen LogP contribution is 2.34. The van der Waals surface area contributed by atoms with Crippen molar-refractivity contribution in [2.75, 3.05) is 0 Å². The molecule has 0 radical (unpaired) electrons. The Morgan fingerprint density at radius 1 is 0.500 bits per heavy atom. The van der Waals surface area contributed by atoms with E-state index < -0.39 is 87.2 Å². The predicted molar refractivity (Wildman–Crippen MR) is 109 cm³/mol. The van der Waals surface area contributed by atoms with E-state index in [9.17, 15) is 26.3 Å². The fraction of sp³-hybridized carbons (Fsp3) is 0.0417. The number of rotatable bonds is 2. The number of aromatic amines is 1. The van der Waals surface area contributed by atoms with Crippen LogP contribution in [0.3, 0.4) is 0 Å². The number of pyridine rings is 1. The lowest BCUT2D eigenvalue weighted by atomic mass is 9.13. The number of fused-ring (bicyclic) bond motifs is 3. The average Bonchev–Trinajstić information content (AvgIpc) is 2.89. The molecule has 0 saturated carbocycles. The molecular formula is C24H10BF10N. The van der Waals surface area contributed by atoms with Crippen molar-refractivity contribution in [3.05, 3.63) is 106 Å². The molecule has 184 valence electrons. The first-order chi connectivity index (χ1) is 17.0. The Kier molecular flexibility index (Phi) is 5.38. The molecule has 0 unspecified atom stereocenters. The minimum absolute atomic E-state index is 0.00670. The number of H-pyrrole nitrogens is 1. The lowest BCUT2D eigenvalue weighted by Crippen LogP contribution is -2.77. The lowest BCUT2D eigenvalue weighted by molar-refractivity contribution is -0.356. The van der Waals surface area contributed by atoms with E-state index in [1.54, 1.807) is 6.07 Å². The van der Waals surface area contributed by atoms with Crippen molar-refractivity contribution < 1.29 is 48.9 Å². The van der Waals surface area contributed by atoms with Gasteiger partial charge in [-0.1, -0.05) is 29.8 Å². The summed E-state index contributed by atoms with van der Waals surface area (Å²) in [6.07, 6.45) is -3.83. The fourth-order valence-electron chi connectivity index (χ4n) is 5.23. The Morgan fingerprint density at radius 2 is 0.917 bits per heavy atom. The summed E-state index contributed by atoms with van der Waals surface area (Å²) in [6, 6.07) is 8.52. The second-order valence-corrected chi connectivity index (χ2v) is 8.37. The topological polar surface area (TPSA) is 14.1 Å². The van der Waals surface area contributed by atoms with Crippen molar-refractivity contribution in [1.29, 1.82) is 0 Å². The molecule has 0 fully saturated rings. The Morgan fingerprint density at radius 3 is 1.42 bits per heavy atom. The van der Waals surface area contributed by atoms with E-state index in [0.29, 0.717) is 5.56 Å². The van der Waals surface area contributed by atoms with Crippen molar-refractivity contribution in [3.63, 3.8) is 0 Å². The molecule has 0 bridgehead atoms. The summed E-state index contributed by atoms with van der Waals surface area (Å²) in [5.41, 5.74) is -3.44. The molecule has 5 rings (SSSR count). The lowest BCUT2D eigenvalue weighted by Gasteiger charge is -2.43. The van der Waals surface area contributed by atoms with Gasteiger partial charge in [-0.2, -0.15) is 0 Å².